The number of aliphatic carboxylic acids is 1. The van der Waals surface area contributed by atoms with Gasteiger partial charge >= 0.3 is 5.97 Å². The summed E-state index contributed by atoms with van der Waals surface area (Å²) in [5.41, 5.74) is 1.02. The number of carbonyl (C=O) groups is 1. The molecule has 1 atom stereocenters. The molecule has 1 heterocycles. The summed E-state index contributed by atoms with van der Waals surface area (Å²) in [5.74, 6) is 0.520. The lowest BCUT2D eigenvalue weighted by molar-refractivity contribution is -0.137. The minimum Gasteiger partial charge on any atom is -0.481 e. The van der Waals surface area contributed by atoms with Crippen molar-refractivity contribution in [3.05, 3.63) is 18.1 Å². The minimum absolute atomic E-state index is 0.245. The van der Waals surface area contributed by atoms with E-state index in [0.29, 0.717) is 5.92 Å². The molecule has 0 aromatic carbocycles. The van der Waals surface area contributed by atoms with E-state index in [2.05, 4.69) is 29.1 Å². The second-order valence-corrected chi connectivity index (χ2v) is 4.50. The summed E-state index contributed by atoms with van der Waals surface area (Å²) in [4.78, 5) is 18.7. The second kappa shape index (κ2) is 7.63. The van der Waals surface area contributed by atoms with Crippen LogP contribution in [0.4, 0.5) is 5.82 Å². The molecule has 0 radical (unpaired) electrons. The summed E-state index contributed by atoms with van der Waals surface area (Å²) in [5, 5.41) is 11.8. The third-order valence-electron chi connectivity index (χ3n) is 2.88. The van der Waals surface area contributed by atoms with Gasteiger partial charge in [-0.05, 0) is 25.2 Å². The highest BCUT2D eigenvalue weighted by atomic mass is 16.4. The van der Waals surface area contributed by atoms with Gasteiger partial charge in [-0.2, -0.15) is 0 Å². The van der Waals surface area contributed by atoms with Crippen LogP contribution in [0.15, 0.2) is 12.4 Å². The van der Waals surface area contributed by atoms with E-state index in [1.54, 1.807) is 6.33 Å². The largest absolute Gasteiger partial charge is 0.481 e. The number of carboxylic acids is 1. The van der Waals surface area contributed by atoms with Crippen molar-refractivity contribution in [3.8, 4) is 0 Å². The first kappa shape index (κ1) is 14.4. The van der Waals surface area contributed by atoms with Gasteiger partial charge in [-0.15, -0.1) is 0 Å². The van der Waals surface area contributed by atoms with Gasteiger partial charge in [-0.25, -0.2) is 9.97 Å². The molecular weight excluding hydrogens is 230 g/mol. The lowest BCUT2D eigenvalue weighted by Gasteiger charge is -2.11. The second-order valence-electron chi connectivity index (χ2n) is 4.50. The lowest BCUT2D eigenvalue weighted by Crippen LogP contribution is -2.09. The van der Waals surface area contributed by atoms with Crippen LogP contribution in [0.25, 0.3) is 0 Å². The van der Waals surface area contributed by atoms with Crippen molar-refractivity contribution in [2.45, 2.75) is 39.5 Å². The molecule has 18 heavy (non-hydrogen) atoms. The summed E-state index contributed by atoms with van der Waals surface area (Å²) in [7, 11) is 0. The molecule has 100 valence electrons. The quantitative estimate of drug-likeness (QED) is 0.741. The molecule has 0 spiro atoms. The average molecular weight is 251 g/mol. The Balaban J connectivity index is 2.26. The number of nitrogens with zero attached hydrogens (tertiary/aromatic N) is 2. The first-order valence-corrected chi connectivity index (χ1v) is 6.38. The van der Waals surface area contributed by atoms with Gasteiger partial charge in [-0.1, -0.05) is 13.8 Å². The highest BCUT2D eigenvalue weighted by Crippen LogP contribution is 2.11. The topological polar surface area (TPSA) is 75.1 Å². The van der Waals surface area contributed by atoms with Crippen LogP contribution in [0.5, 0.6) is 0 Å². The van der Waals surface area contributed by atoms with Crippen LogP contribution in [-0.4, -0.2) is 27.6 Å². The number of carboxylic acid groups (broad SMARTS) is 1. The number of hydrogen-bond acceptors (Lipinski definition) is 4. The summed E-state index contributed by atoms with van der Waals surface area (Å²) in [6, 6.07) is 1.95. The number of aromatic nitrogens is 2. The van der Waals surface area contributed by atoms with Gasteiger partial charge in [0.25, 0.3) is 0 Å². The fourth-order valence-corrected chi connectivity index (χ4v) is 1.65. The molecule has 5 heteroatoms. The van der Waals surface area contributed by atoms with Crippen LogP contribution in [0.2, 0.25) is 0 Å². The van der Waals surface area contributed by atoms with E-state index in [1.165, 1.54) is 0 Å². The molecule has 1 aromatic rings. The number of rotatable bonds is 8. The smallest absolute Gasteiger partial charge is 0.303 e. The molecule has 0 bridgehead atoms. The maximum atomic E-state index is 10.4. The van der Waals surface area contributed by atoms with E-state index in [4.69, 9.17) is 5.11 Å². The molecule has 1 unspecified atom stereocenters. The van der Waals surface area contributed by atoms with Crippen LogP contribution >= 0.6 is 0 Å². The number of anilines is 1. The summed E-state index contributed by atoms with van der Waals surface area (Å²) < 4.78 is 0. The van der Waals surface area contributed by atoms with Gasteiger partial charge in [0, 0.05) is 24.7 Å². The van der Waals surface area contributed by atoms with Crippen LogP contribution < -0.4 is 5.32 Å². The Morgan fingerprint density at radius 3 is 2.89 bits per heavy atom. The molecule has 0 fully saturated rings. The molecule has 0 saturated carbocycles. The Morgan fingerprint density at radius 2 is 2.22 bits per heavy atom. The van der Waals surface area contributed by atoms with Crippen molar-refractivity contribution in [2.24, 2.45) is 5.92 Å². The molecule has 1 aromatic heterocycles. The molecule has 5 nitrogen and oxygen atoms in total. The molecule has 0 aliphatic carbocycles. The van der Waals surface area contributed by atoms with E-state index < -0.39 is 5.97 Å². The van der Waals surface area contributed by atoms with Crippen molar-refractivity contribution in [1.82, 2.24) is 9.97 Å². The van der Waals surface area contributed by atoms with Crippen LogP contribution in [0.3, 0.4) is 0 Å². The first-order chi connectivity index (χ1) is 8.61. The first-order valence-electron chi connectivity index (χ1n) is 6.38. The average Bonchev–Trinajstić information content (AvgIpc) is 2.36. The molecule has 0 amide bonds. The predicted octanol–water partition coefficient (Wildman–Crippen LogP) is 2.34. The SMILES string of the molecule is CCc1cc(NCCC(C)CCC(=O)O)ncn1. The molecule has 0 saturated heterocycles. The van der Waals surface area contributed by atoms with Crippen molar-refractivity contribution < 1.29 is 9.90 Å². The van der Waals surface area contributed by atoms with E-state index in [0.717, 1.165) is 37.3 Å². The number of nitrogens with one attached hydrogen (secondary N) is 1. The maximum Gasteiger partial charge on any atom is 0.303 e. The van der Waals surface area contributed by atoms with E-state index >= 15 is 0 Å². The summed E-state index contributed by atoms with van der Waals surface area (Å²) in [6.45, 7) is 4.93. The Morgan fingerprint density at radius 1 is 1.44 bits per heavy atom. The van der Waals surface area contributed by atoms with Crippen LogP contribution in [0.1, 0.15) is 38.8 Å². The van der Waals surface area contributed by atoms with Crippen molar-refractivity contribution >= 4 is 11.8 Å². The van der Waals surface area contributed by atoms with E-state index in [-0.39, 0.29) is 6.42 Å². The Labute approximate surface area is 108 Å². The molecular formula is C13H21N3O2. The maximum absolute atomic E-state index is 10.4. The third kappa shape index (κ3) is 5.61. The molecule has 1 rings (SSSR count). The Kier molecular flexibility index (Phi) is 6.11. The van der Waals surface area contributed by atoms with Crippen LogP contribution in [-0.2, 0) is 11.2 Å². The third-order valence-corrected chi connectivity index (χ3v) is 2.88. The van der Waals surface area contributed by atoms with Gasteiger partial charge < -0.3 is 10.4 Å². The number of aryl methyl sites for hydroxylation is 1. The van der Waals surface area contributed by atoms with Crippen molar-refractivity contribution in [3.63, 3.8) is 0 Å². The standard InChI is InChI=1S/C13H21N3O2/c1-3-11-8-12(16-9-15-11)14-7-6-10(2)4-5-13(17)18/h8-10H,3-7H2,1-2H3,(H,17,18)(H,14,15,16). The van der Waals surface area contributed by atoms with Crippen molar-refractivity contribution in [2.75, 3.05) is 11.9 Å². The normalized spacial score (nSPS) is 12.1. The van der Waals surface area contributed by atoms with Gasteiger partial charge in [-0.3, -0.25) is 4.79 Å². The zero-order valence-electron chi connectivity index (χ0n) is 11.0. The highest BCUT2D eigenvalue weighted by Gasteiger charge is 2.05. The monoisotopic (exact) mass is 251 g/mol. The van der Waals surface area contributed by atoms with E-state index in [9.17, 15) is 4.79 Å². The Hall–Kier alpha value is -1.65. The molecule has 0 aliphatic heterocycles. The van der Waals surface area contributed by atoms with Gasteiger partial charge in [0.1, 0.15) is 12.1 Å². The highest BCUT2D eigenvalue weighted by molar-refractivity contribution is 5.66. The predicted molar refractivity (Wildman–Crippen MR) is 70.6 cm³/mol. The van der Waals surface area contributed by atoms with Gasteiger partial charge in [0.15, 0.2) is 0 Å². The summed E-state index contributed by atoms with van der Waals surface area (Å²) in [6.07, 6.45) is 4.37. The fourth-order valence-electron chi connectivity index (χ4n) is 1.65. The zero-order valence-corrected chi connectivity index (χ0v) is 11.0. The van der Waals surface area contributed by atoms with Gasteiger partial charge in [0.2, 0.25) is 0 Å². The molecule has 0 aliphatic rings. The zero-order chi connectivity index (χ0) is 13.4. The molecule has 2 N–H and O–H groups in total. The van der Waals surface area contributed by atoms with Crippen molar-refractivity contribution in [1.29, 1.82) is 0 Å². The van der Waals surface area contributed by atoms with E-state index in [1.807, 2.05) is 6.07 Å². The Bertz CT molecular complexity index is 382. The lowest BCUT2D eigenvalue weighted by atomic mass is 10.0. The van der Waals surface area contributed by atoms with Crippen LogP contribution in [0, 0.1) is 5.92 Å². The fraction of sp³-hybridized carbons (Fsp3) is 0.615. The van der Waals surface area contributed by atoms with Gasteiger partial charge in [0.05, 0.1) is 0 Å². The number of hydrogen-bond donors (Lipinski definition) is 2. The minimum atomic E-state index is -0.724. The summed E-state index contributed by atoms with van der Waals surface area (Å²) >= 11 is 0.